The fourth-order valence-corrected chi connectivity index (χ4v) is 1.85. The van der Waals surface area contributed by atoms with Crippen LogP contribution in [0, 0.1) is 10.1 Å². The molecule has 1 amide bonds. The first-order valence-electron chi connectivity index (χ1n) is 7.40. The smallest absolute Gasteiger partial charge is 0.293 e. The maximum Gasteiger partial charge on any atom is 0.293 e. The molecule has 0 bridgehead atoms. The second kappa shape index (κ2) is 8.94. The van der Waals surface area contributed by atoms with Crippen molar-refractivity contribution in [1.29, 1.82) is 0 Å². The number of amides is 1. The summed E-state index contributed by atoms with van der Waals surface area (Å²) in [6.45, 7) is 5.35. The van der Waals surface area contributed by atoms with E-state index >= 15 is 0 Å². The maximum absolute atomic E-state index is 11.9. The van der Waals surface area contributed by atoms with Crippen LogP contribution in [-0.2, 0) is 0 Å². The van der Waals surface area contributed by atoms with Crippen molar-refractivity contribution in [2.45, 2.75) is 39.5 Å². The van der Waals surface area contributed by atoms with Crippen LogP contribution in [0.25, 0.3) is 0 Å². The number of hydrogen-bond donors (Lipinski definition) is 2. The monoisotopic (exact) mass is 293 g/mol. The average Bonchev–Trinajstić information content (AvgIpc) is 2.47. The number of carbonyl (C=O) groups is 1. The highest BCUT2D eigenvalue weighted by Crippen LogP contribution is 2.25. The number of rotatable bonds is 9. The van der Waals surface area contributed by atoms with E-state index in [9.17, 15) is 14.9 Å². The van der Waals surface area contributed by atoms with Crippen LogP contribution in [0.5, 0.6) is 0 Å². The molecule has 0 unspecified atom stereocenters. The number of carbonyl (C=O) groups excluding carboxylic acids is 1. The molecule has 0 saturated carbocycles. The summed E-state index contributed by atoms with van der Waals surface area (Å²) in [6, 6.07) is 4.54. The molecule has 2 N–H and O–H groups in total. The van der Waals surface area contributed by atoms with E-state index in [1.54, 1.807) is 12.1 Å². The van der Waals surface area contributed by atoms with Crippen molar-refractivity contribution in [1.82, 2.24) is 5.32 Å². The molecule has 6 heteroatoms. The van der Waals surface area contributed by atoms with E-state index < -0.39 is 4.92 Å². The topological polar surface area (TPSA) is 84.3 Å². The maximum atomic E-state index is 11.9. The van der Waals surface area contributed by atoms with Gasteiger partial charge < -0.3 is 10.6 Å². The quantitative estimate of drug-likeness (QED) is 0.415. The second-order valence-corrected chi connectivity index (χ2v) is 4.88. The number of anilines is 1. The molecule has 0 aromatic heterocycles. The van der Waals surface area contributed by atoms with Gasteiger partial charge in [-0.2, -0.15) is 0 Å². The first kappa shape index (κ1) is 16.9. The summed E-state index contributed by atoms with van der Waals surface area (Å²) in [7, 11) is 0. The fraction of sp³-hybridized carbons (Fsp3) is 0.533. The van der Waals surface area contributed by atoms with E-state index in [0.29, 0.717) is 24.3 Å². The van der Waals surface area contributed by atoms with Crippen LogP contribution < -0.4 is 10.6 Å². The van der Waals surface area contributed by atoms with E-state index in [1.807, 2.05) is 6.92 Å². The molecule has 6 nitrogen and oxygen atoms in total. The zero-order chi connectivity index (χ0) is 15.7. The minimum atomic E-state index is -0.461. The van der Waals surface area contributed by atoms with Gasteiger partial charge in [0, 0.05) is 24.7 Å². The van der Waals surface area contributed by atoms with E-state index in [0.717, 1.165) is 25.7 Å². The Kier molecular flexibility index (Phi) is 7.21. The molecule has 0 spiro atoms. The van der Waals surface area contributed by atoms with Gasteiger partial charge in [-0.1, -0.05) is 26.7 Å². The van der Waals surface area contributed by atoms with Crippen LogP contribution in [0.1, 0.15) is 49.9 Å². The first-order chi connectivity index (χ1) is 10.1. The van der Waals surface area contributed by atoms with Gasteiger partial charge in [0.25, 0.3) is 11.6 Å². The molecule has 0 saturated heterocycles. The number of benzene rings is 1. The number of nitrogens with zero attached hydrogens (tertiary/aromatic N) is 1. The molecule has 0 heterocycles. The van der Waals surface area contributed by atoms with Crippen LogP contribution in [0.15, 0.2) is 18.2 Å². The van der Waals surface area contributed by atoms with Crippen LogP contribution in [0.3, 0.4) is 0 Å². The summed E-state index contributed by atoms with van der Waals surface area (Å²) >= 11 is 0. The molecule has 0 aliphatic heterocycles. The van der Waals surface area contributed by atoms with Crippen molar-refractivity contribution in [2.24, 2.45) is 0 Å². The minimum absolute atomic E-state index is 0.0609. The third-order valence-corrected chi connectivity index (χ3v) is 3.12. The van der Waals surface area contributed by atoms with Gasteiger partial charge >= 0.3 is 0 Å². The number of nitro groups is 1. The zero-order valence-corrected chi connectivity index (χ0v) is 12.6. The Hall–Kier alpha value is -2.11. The highest BCUT2D eigenvalue weighted by atomic mass is 16.6. The van der Waals surface area contributed by atoms with Crippen molar-refractivity contribution in [3.05, 3.63) is 33.9 Å². The van der Waals surface area contributed by atoms with E-state index in [1.165, 1.54) is 6.07 Å². The molecule has 1 aromatic carbocycles. The Morgan fingerprint density at radius 3 is 2.48 bits per heavy atom. The molecular weight excluding hydrogens is 270 g/mol. The van der Waals surface area contributed by atoms with Gasteiger partial charge in [0.2, 0.25) is 0 Å². The van der Waals surface area contributed by atoms with Crippen molar-refractivity contribution in [3.8, 4) is 0 Å². The highest BCUT2D eigenvalue weighted by molar-refractivity contribution is 5.95. The predicted molar refractivity (Wildman–Crippen MR) is 83.7 cm³/mol. The first-order valence-corrected chi connectivity index (χ1v) is 7.40. The van der Waals surface area contributed by atoms with Crippen LogP contribution in [0.4, 0.5) is 11.4 Å². The van der Waals surface area contributed by atoms with Crippen molar-refractivity contribution in [3.63, 3.8) is 0 Å². The molecule has 116 valence electrons. The number of hydrogen-bond acceptors (Lipinski definition) is 4. The summed E-state index contributed by atoms with van der Waals surface area (Å²) in [4.78, 5) is 22.6. The van der Waals surface area contributed by atoms with Gasteiger partial charge in [0.05, 0.1) is 4.92 Å². The Morgan fingerprint density at radius 2 is 1.86 bits per heavy atom. The normalized spacial score (nSPS) is 10.2. The Balaban J connectivity index is 2.82. The third kappa shape index (κ3) is 5.41. The molecule has 0 aliphatic carbocycles. The predicted octanol–water partition coefficient (Wildman–Crippen LogP) is 3.34. The van der Waals surface area contributed by atoms with Gasteiger partial charge in [-0.3, -0.25) is 14.9 Å². The largest absolute Gasteiger partial charge is 0.379 e. The summed E-state index contributed by atoms with van der Waals surface area (Å²) in [5.41, 5.74) is 0.714. The second-order valence-electron chi connectivity index (χ2n) is 4.88. The lowest BCUT2D eigenvalue weighted by molar-refractivity contribution is -0.384. The van der Waals surface area contributed by atoms with Crippen LogP contribution in [-0.4, -0.2) is 23.9 Å². The van der Waals surface area contributed by atoms with Crippen molar-refractivity contribution < 1.29 is 9.72 Å². The number of unbranched alkanes of at least 4 members (excludes halogenated alkanes) is 2. The third-order valence-electron chi connectivity index (χ3n) is 3.12. The lowest BCUT2D eigenvalue weighted by Crippen LogP contribution is -2.24. The molecular formula is C15H23N3O3. The lowest BCUT2D eigenvalue weighted by Gasteiger charge is -2.08. The molecule has 21 heavy (non-hydrogen) atoms. The van der Waals surface area contributed by atoms with Gasteiger partial charge in [-0.15, -0.1) is 0 Å². The van der Waals surface area contributed by atoms with Gasteiger partial charge in [0.15, 0.2) is 0 Å². The van der Waals surface area contributed by atoms with E-state index in [2.05, 4.69) is 17.6 Å². The van der Waals surface area contributed by atoms with Gasteiger partial charge in [0.1, 0.15) is 5.69 Å². The molecule has 0 radical (unpaired) electrons. The Labute approximate surface area is 125 Å². The summed E-state index contributed by atoms with van der Waals surface area (Å²) in [6.07, 6.45) is 3.83. The highest BCUT2D eigenvalue weighted by Gasteiger charge is 2.17. The molecule has 0 fully saturated rings. The molecule has 0 atom stereocenters. The molecule has 1 rings (SSSR count). The van der Waals surface area contributed by atoms with Crippen LogP contribution >= 0.6 is 0 Å². The summed E-state index contributed by atoms with van der Waals surface area (Å²) in [5, 5.41) is 16.9. The zero-order valence-electron chi connectivity index (χ0n) is 12.6. The van der Waals surface area contributed by atoms with E-state index in [-0.39, 0.29) is 11.6 Å². The number of nitro benzene ring substituents is 1. The summed E-state index contributed by atoms with van der Waals surface area (Å²) in [5.74, 6) is -0.272. The SMILES string of the molecule is CCCCNC(=O)c1ccc(NCCCC)c([N+](=O)[O-])c1. The number of nitrogens with one attached hydrogen (secondary N) is 2. The summed E-state index contributed by atoms with van der Waals surface area (Å²) < 4.78 is 0. The van der Waals surface area contributed by atoms with Crippen LogP contribution in [0.2, 0.25) is 0 Å². The van der Waals surface area contributed by atoms with E-state index in [4.69, 9.17) is 0 Å². The Bertz CT molecular complexity index is 489. The van der Waals surface area contributed by atoms with Crippen molar-refractivity contribution >= 4 is 17.3 Å². The average molecular weight is 293 g/mol. The minimum Gasteiger partial charge on any atom is -0.379 e. The lowest BCUT2D eigenvalue weighted by atomic mass is 10.1. The van der Waals surface area contributed by atoms with Gasteiger partial charge in [-0.25, -0.2) is 0 Å². The molecule has 1 aromatic rings. The molecule has 0 aliphatic rings. The Morgan fingerprint density at radius 1 is 1.19 bits per heavy atom. The fourth-order valence-electron chi connectivity index (χ4n) is 1.85. The van der Waals surface area contributed by atoms with Gasteiger partial charge in [-0.05, 0) is 25.0 Å². The van der Waals surface area contributed by atoms with Crippen molar-refractivity contribution in [2.75, 3.05) is 18.4 Å². The standard InChI is InChI=1S/C15H23N3O3/c1-3-5-9-16-13-8-7-12(11-14(13)18(20)21)15(19)17-10-6-4-2/h7-8,11,16H,3-6,9-10H2,1-2H3,(H,17,19).